The maximum atomic E-state index is 12.8. The molecule has 0 saturated carbocycles. The van der Waals surface area contributed by atoms with Crippen molar-refractivity contribution < 1.29 is 37.8 Å². The first-order valence-corrected chi connectivity index (χ1v) is 12.3. The Morgan fingerprint density at radius 3 is 2.53 bits per heavy atom. The van der Waals surface area contributed by atoms with Gasteiger partial charge < -0.3 is 23.9 Å². The van der Waals surface area contributed by atoms with E-state index in [1.165, 1.54) is 26.4 Å². The molecule has 0 unspecified atom stereocenters. The maximum absolute atomic E-state index is 12.8. The highest BCUT2D eigenvalue weighted by atomic mass is 35.5. The van der Waals surface area contributed by atoms with Crippen molar-refractivity contribution in [1.29, 1.82) is 0 Å². The first-order chi connectivity index (χ1) is 18.3. The molecule has 1 aliphatic heterocycles. The molecule has 0 radical (unpaired) electrons. The molecule has 3 amide bonds. The summed E-state index contributed by atoms with van der Waals surface area (Å²) < 4.78 is 21.1. The number of hydrogen-bond acceptors (Lipinski definition) is 9. The zero-order chi connectivity index (χ0) is 27.2. The number of hydrogen-bond donors (Lipinski definition) is 1. The number of carbonyl (C=O) groups is 4. The summed E-state index contributed by atoms with van der Waals surface area (Å²) in [6.45, 7) is -0.394. The molecule has 12 heteroatoms. The van der Waals surface area contributed by atoms with Crippen molar-refractivity contribution in [2.45, 2.75) is 6.61 Å². The normalized spacial score (nSPS) is 14.1. The van der Waals surface area contributed by atoms with Crippen LogP contribution in [0.3, 0.4) is 0 Å². The number of amides is 3. The van der Waals surface area contributed by atoms with E-state index in [-0.39, 0.29) is 17.3 Å². The Morgan fingerprint density at radius 2 is 1.82 bits per heavy atom. The number of imide groups is 1. The summed E-state index contributed by atoms with van der Waals surface area (Å²) in [5, 5.41) is 2.59. The number of thioether (sulfide) groups is 1. The quantitative estimate of drug-likeness (QED) is 0.287. The van der Waals surface area contributed by atoms with Crippen LogP contribution in [-0.4, -0.2) is 48.7 Å². The Kier molecular flexibility index (Phi) is 8.39. The molecule has 1 N–H and O–H groups in total. The van der Waals surface area contributed by atoms with Gasteiger partial charge in [0.1, 0.15) is 18.9 Å². The van der Waals surface area contributed by atoms with Crippen LogP contribution in [0.4, 0.5) is 10.5 Å². The monoisotopic (exact) mass is 556 g/mol. The Morgan fingerprint density at radius 1 is 1.05 bits per heavy atom. The SMILES string of the molecule is COC(=O)c1ccc(COc2ccc(/C=C3/SC(=O)N(CC(=O)Nc4ccc(Cl)cc4)C3=O)cc2OC)o1. The minimum Gasteiger partial charge on any atom is -0.493 e. The van der Waals surface area contributed by atoms with Crippen LogP contribution >= 0.6 is 23.4 Å². The predicted molar refractivity (Wildman–Crippen MR) is 140 cm³/mol. The van der Waals surface area contributed by atoms with Crippen LogP contribution in [0.15, 0.2) is 63.9 Å². The number of nitrogens with zero attached hydrogens (tertiary/aromatic N) is 1. The van der Waals surface area contributed by atoms with Crippen LogP contribution < -0.4 is 14.8 Å². The number of esters is 1. The van der Waals surface area contributed by atoms with Gasteiger partial charge in [-0.1, -0.05) is 17.7 Å². The summed E-state index contributed by atoms with van der Waals surface area (Å²) in [5.41, 5.74) is 1.07. The summed E-state index contributed by atoms with van der Waals surface area (Å²) in [7, 11) is 2.72. The van der Waals surface area contributed by atoms with E-state index in [0.29, 0.717) is 33.5 Å². The lowest BCUT2D eigenvalue weighted by Crippen LogP contribution is -2.36. The van der Waals surface area contributed by atoms with Gasteiger partial charge in [-0.05, 0) is 71.9 Å². The van der Waals surface area contributed by atoms with Crippen LogP contribution in [0.25, 0.3) is 6.08 Å². The van der Waals surface area contributed by atoms with Crippen LogP contribution in [0, 0.1) is 0 Å². The number of anilines is 1. The first-order valence-electron chi connectivity index (χ1n) is 11.1. The lowest BCUT2D eigenvalue weighted by atomic mass is 10.2. The zero-order valence-corrected chi connectivity index (χ0v) is 21.8. The summed E-state index contributed by atoms with van der Waals surface area (Å²) in [6.07, 6.45) is 1.53. The van der Waals surface area contributed by atoms with Crippen molar-refractivity contribution in [3.8, 4) is 11.5 Å². The fourth-order valence-corrected chi connectivity index (χ4v) is 4.34. The van der Waals surface area contributed by atoms with E-state index in [1.807, 2.05) is 0 Å². The van der Waals surface area contributed by atoms with Crippen molar-refractivity contribution in [2.75, 3.05) is 26.1 Å². The highest BCUT2D eigenvalue weighted by Crippen LogP contribution is 2.35. The Hall–Kier alpha value is -4.22. The number of halogens is 1. The Bertz CT molecular complexity index is 1420. The highest BCUT2D eigenvalue weighted by molar-refractivity contribution is 8.18. The molecule has 1 aliphatic rings. The second-order valence-corrected chi connectivity index (χ2v) is 9.21. The molecule has 1 aromatic heterocycles. The minimum absolute atomic E-state index is 0.0314. The van der Waals surface area contributed by atoms with Gasteiger partial charge in [-0.3, -0.25) is 19.3 Å². The molecule has 0 bridgehead atoms. The van der Waals surface area contributed by atoms with E-state index >= 15 is 0 Å². The van der Waals surface area contributed by atoms with Gasteiger partial charge >= 0.3 is 5.97 Å². The van der Waals surface area contributed by atoms with Gasteiger partial charge in [-0.25, -0.2) is 4.79 Å². The minimum atomic E-state index is -0.593. The molecule has 2 heterocycles. The molecule has 3 aromatic rings. The number of methoxy groups -OCH3 is 2. The third kappa shape index (κ3) is 6.36. The topological polar surface area (TPSA) is 124 Å². The van der Waals surface area contributed by atoms with Crippen LogP contribution in [0.2, 0.25) is 5.02 Å². The molecular formula is C26H21ClN2O8S. The number of benzene rings is 2. The molecule has 1 saturated heterocycles. The molecule has 0 aliphatic carbocycles. The lowest BCUT2D eigenvalue weighted by molar-refractivity contribution is -0.127. The number of rotatable bonds is 9. The molecule has 10 nitrogen and oxygen atoms in total. The van der Waals surface area contributed by atoms with Gasteiger partial charge in [-0.15, -0.1) is 0 Å². The zero-order valence-electron chi connectivity index (χ0n) is 20.2. The van der Waals surface area contributed by atoms with E-state index < -0.39 is 29.6 Å². The molecular weight excluding hydrogens is 536 g/mol. The number of furan rings is 1. The van der Waals surface area contributed by atoms with E-state index in [9.17, 15) is 19.2 Å². The van der Waals surface area contributed by atoms with Crippen molar-refractivity contribution in [3.05, 3.63) is 81.6 Å². The molecule has 2 aromatic carbocycles. The van der Waals surface area contributed by atoms with Gasteiger partial charge in [0.25, 0.3) is 11.1 Å². The summed E-state index contributed by atoms with van der Waals surface area (Å²) in [4.78, 5) is 50.2. The van der Waals surface area contributed by atoms with Gasteiger partial charge in [0.05, 0.1) is 19.1 Å². The third-order valence-electron chi connectivity index (χ3n) is 5.21. The molecule has 38 heavy (non-hydrogen) atoms. The maximum Gasteiger partial charge on any atom is 0.373 e. The molecule has 0 spiro atoms. The average molecular weight is 557 g/mol. The first kappa shape index (κ1) is 26.8. The average Bonchev–Trinajstić information content (AvgIpc) is 3.49. The summed E-state index contributed by atoms with van der Waals surface area (Å²) >= 11 is 6.58. The van der Waals surface area contributed by atoms with Crippen molar-refractivity contribution in [1.82, 2.24) is 4.90 Å². The standard InChI is InChI=1S/C26H21ClN2O8S/c1-34-21-11-15(3-9-19(21)36-14-18-8-10-20(37-18)25(32)35-2)12-22-24(31)29(26(33)38-22)13-23(30)28-17-6-4-16(27)5-7-17/h3-12H,13-14H2,1-2H3,(H,28,30)/b22-12+. The lowest BCUT2D eigenvalue weighted by Gasteiger charge is -2.12. The summed E-state index contributed by atoms with van der Waals surface area (Å²) in [5.74, 6) is -0.452. The van der Waals surface area contributed by atoms with E-state index in [0.717, 1.165) is 16.7 Å². The Labute approximate surface area is 226 Å². The van der Waals surface area contributed by atoms with Gasteiger partial charge in [0.15, 0.2) is 11.5 Å². The van der Waals surface area contributed by atoms with Gasteiger partial charge in [0.2, 0.25) is 11.7 Å². The second-order valence-electron chi connectivity index (χ2n) is 7.78. The molecule has 0 atom stereocenters. The van der Waals surface area contributed by atoms with Crippen LogP contribution in [0.5, 0.6) is 11.5 Å². The summed E-state index contributed by atoms with van der Waals surface area (Å²) in [6, 6.07) is 14.5. The third-order valence-corrected chi connectivity index (χ3v) is 6.37. The van der Waals surface area contributed by atoms with Gasteiger partial charge in [0, 0.05) is 10.7 Å². The number of nitrogens with one attached hydrogen (secondary N) is 1. The van der Waals surface area contributed by atoms with Gasteiger partial charge in [-0.2, -0.15) is 0 Å². The second kappa shape index (κ2) is 11.9. The van der Waals surface area contributed by atoms with Crippen LogP contribution in [-0.2, 0) is 20.9 Å². The predicted octanol–water partition coefficient (Wildman–Crippen LogP) is 4.98. The van der Waals surface area contributed by atoms with E-state index in [1.54, 1.807) is 48.5 Å². The smallest absolute Gasteiger partial charge is 0.373 e. The molecule has 1 fully saturated rings. The largest absolute Gasteiger partial charge is 0.493 e. The van der Waals surface area contributed by atoms with E-state index in [2.05, 4.69) is 10.1 Å². The fraction of sp³-hybridized carbons (Fsp3) is 0.154. The highest BCUT2D eigenvalue weighted by Gasteiger charge is 2.36. The number of ether oxygens (including phenoxy) is 3. The Balaban J connectivity index is 1.40. The van der Waals surface area contributed by atoms with Crippen molar-refractivity contribution in [3.63, 3.8) is 0 Å². The van der Waals surface area contributed by atoms with Crippen molar-refractivity contribution in [2.24, 2.45) is 0 Å². The van der Waals surface area contributed by atoms with Crippen molar-refractivity contribution >= 4 is 58.1 Å². The molecule has 4 rings (SSSR count). The molecule has 196 valence electrons. The van der Waals surface area contributed by atoms with E-state index in [4.69, 9.17) is 25.5 Å². The van der Waals surface area contributed by atoms with Crippen LogP contribution in [0.1, 0.15) is 21.9 Å². The number of carbonyl (C=O) groups excluding carboxylic acids is 4. The fourth-order valence-electron chi connectivity index (χ4n) is 3.37.